The van der Waals surface area contributed by atoms with Crippen LogP contribution in [0.15, 0.2) is 34.1 Å². The molecule has 0 saturated carbocycles. The minimum absolute atomic E-state index is 0.121. The van der Waals surface area contributed by atoms with Gasteiger partial charge in [-0.25, -0.2) is 4.98 Å². The maximum absolute atomic E-state index is 12.0. The molecule has 1 heterocycles. The first-order valence-electron chi connectivity index (χ1n) is 5.38. The van der Waals surface area contributed by atoms with Gasteiger partial charge in [0.15, 0.2) is 4.34 Å². The van der Waals surface area contributed by atoms with Crippen LogP contribution >= 0.6 is 46.3 Å². The molecule has 0 aliphatic heterocycles. The molecule has 1 atom stereocenters. The third-order valence-corrected chi connectivity index (χ3v) is 4.81. The lowest BCUT2D eigenvalue weighted by molar-refractivity contribution is -0.115. The van der Waals surface area contributed by atoms with Crippen molar-refractivity contribution in [2.45, 2.75) is 16.5 Å². The number of carbonyl (C=O) groups excluding carboxylic acids is 1. The maximum atomic E-state index is 12.0. The molecule has 2 rings (SSSR count). The summed E-state index contributed by atoms with van der Waals surface area (Å²) >= 11 is 14.7. The monoisotopic (exact) mass is 332 g/mol. The Labute approximate surface area is 129 Å². The van der Waals surface area contributed by atoms with Crippen LogP contribution in [0.2, 0.25) is 10.0 Å². The molecule has 1 aromatic carbocycles. The third kappa shape index (κ3) is 4.11. The number of halogens is 2. The van der Waals surface area contributed by atoms with E-state index in [-0.39, 0.29) is 11.2 Å². The number of aromatic nitrogens is 1. The number of rotatable bonds is 4. The summed E-state index contributed by atoms with van der Waals surface area (Å²) in [6.45, 7) is 1.82. The van der Waals surface area contributed by atoms with Crippen LogP contribution in [0, 0.1) is 0 Å². The highest BCUT2D eigenvalue weighted by atomic mass is 35.5. The van der Waals surface area contributed by atoms with Gasteiger partial charge in [-0.1, -0.05) is 35.0 Å². The molecule has 3 nitrogen and oxygen atoms in total. The molecule has 0 bridgehead atoms. The Bertz CT molecular complexity index is 575. The van der Waals surface area contributed by atoms with E-state index < -0.39 is 0 Å². The molecule has 0 radical (unpaired) electrons. The van der Waals surface area contributed by atoms with Gasteiger partial charge in [-0.3, -0.25) is 4.79 Å². The van der Waals surface area contributed by atoms with E-state index in [0.717, 1.165) is 4.34 Å². The topological polar surface area (TPSA) is 42.0 Å². The summed E-state index contributed by atoms with van der Waals surface area (Å²) in [6.07, 6.45) is 1.72. The number of thiazole rings is 1. The van der Waals surface area contributed by atoms with Crippen molar-refractivity contribution in [2.75, 3.05) is 5.32 Å². The SMILES string of the molecule is CC(Sc1nccs1)C(=O)Nc1ccc(Cl)cc1Cl. The second kappa shape index (κ2) is 6.61. The number of carbonyl (C=O) groups is 1. The van der Waals surface area contributed by atoms with Gasteiger partial charge in [-0.15, -0.1) is 11.3 Å². The lowest BCUT2D eigenvalue weighted by atomic mass is 10.3. The van der Waals surface area contributed by atoms with Crippen LogP contribution in [-0.2, 0) is 4.79 Å². The first-order chi connectivity index (χ1) is 9.06. The summed E-state index contributed by atoms with van der Waals surface area (Å²) in [5, 5.41) is 5.36. The molecule has 2 aromatic rings. The first-order valence-corrected chi connectivity index (χ1v) is 7.90. The van der Waals surface area contributed by atoms with Crippen molar-refractivity contribution in [3.63, 3.8) is 0 Å². The van der Waals surface area contributed by atoms with Gasteiger partial charge in [0, 0.05) is 16.6 Å². The molecule has 0 aliphatic rings. The minimum Gasteiger partial charge on any atom is -0.324 e. The van der Waals surface area contributed by atoms with Crippen molar-refractivity contribution in [3.05, 3.63) is 39.8 Å². The van der Waals surface area contributed by atoms with E-state index in [1.807, 2.05) is 12.3 Å². The Morgan fingerprint density at radius 1 is 1.47 bits per heavy atom. The zero-order chi connectivity index (χ0) is 13.8. The van der Waals surface area contributed by atoms with Crippen LogP contribution in [-0.4, -0.2) is 16.1 Å². The third-order valence-electron chi connectivity index (χ3n) is 2.25. The predicted octanol–water partition coefficient (Wildman–Crippen LogP) is 4.57. The summed E-state index contributed by atoms with van der Waals surface area (Å²) in [4.78, 5) is 16.2. The van der Waals surface area contributed by atoms with Gasteiger partial charge >= 0.3 is 0 Å². The molecular formula is C12H10Cl2N2OS2. The summed E-state index contributed by atoms with van der Waals surface area (Å²) in [6, 6.07) is 4.96. The zero-order valence-corrected chi connectivity index (χ0v) is 13.0. The van der Waals surface area contributed by atoms with Crippen LogP contribution < -0.4 is 5.32 Å². The van der Waals surface area contributed by atoms with Gasteiger partial charge in [0.25, 0.3) is 0 Å². The van der Waals surface area contributed by atoms with Crippen LogP contribution in [0.25, 0.3) is 0 Å². The van der Waals surface area contributed by atoms with Crippen molar-refractivity contribution < 1.29 is 4.79 Å². The standard InChI is InChI=1S/C12H10Cl2N2OS2/c1-7(19-12-15-4-5-18-12)11(17)16-10-3-2-8(13)6-9(10)14/h2-7H,1H3,(H,16,17). The Kier molecular flexibility index (Phi) is 5.10. The van der Waals surface area contributed by atoms with E-state index in [4.69, 9.17) is 23.2 Å². The number of hydrogen-bond acceptors (Lipinski definition) is 4. The number of anilines is 1. The summed E-state index contributed by atoms with van der Waals surface area (Å²) in [5.74, 6) is -0.121. The Morgan fingerprint density at radius 3 is 2.89 bits per heavy atom. The second-order valence-electron chi connectivity index (χ2n) is 3.67. The van der Waals surface area contributed by atoms with Gasteiger partial charge in [-0.2, -0.15) is 0 Å². The van der Waals surface area contributed by atoms with Crippen molar-refractivity contribution in [3.8, 4) is 0 Å². The second-order valence-corrected chi connectivity index (χ2v) is 7.00. The van der Waals surface area contributed by atoms with E-state index in [2.05, 4.69) is 10.3 Å². The molecule has 1 amide bonds. The van der Waals surface area contributed by atoms with Crippen LogP contribution in [0.5, 0.6) is 0 Å². The van der Waals surface area contributed by atoms with E-state index in [9.17, 15) is 4.79 Å². The van der Waals surface area contributed by atoms with Crippen LogP contribution in [0.4, 0.5) is 5.69 Å². The Hall–Kier alpha value is -0.750. The quantitative estimate of drug-likeness (QED) is 0.834. The van der Waals surface area contributed by atoms with Crippen molar-refractivity contribution in [1.29, 1.82) is 0 Å². The Morgan fingerprint density at radius 2 is 2.26 bits per heavy atom. The van der Waals surface area contributed by atoms with Gasteiger partial charge in [0.1, 0.15) is 0 Å². The van der Waals surface area contributed by atoms with Gasteiger partial charge < -0.3 is 5.32 Å². The molecule has 1 aromatic heterocycles. The Balaban J connectivity index is 2.00. The number of hydrogen-bond donors (Lipinski definition) is 1. The minimum atomic E-state index is -0.252. The molecule has 0 fully saturated rings. The fourth-order valence-electron chi connectivity index (χ4n) is 1.30. The zero-order valence-electron chi connectivity index (χ0n) is 9.89. The molecule has 100 valence electrons. The molecule has 19 heavy (non-hydrogen) atoms. The van der Waals surface area contributed by atoms with Crippen molar-refractivity contribution in [1.82, 2.24) is 4.98 Å². The smallest absolute Gasteiger partial charge is 0.237 e. The summed E-state index contributed by atoms with van der Waals surface area (Å²) in [5.41, 5.74) is 0.558. The molecule has 1 unspecified atom stereocenters. The summed E-state index contributed by atoms with van der Waals surface area (Å²) in [7, 11) is 0. The van der Waals surface area contributed by atoms with Gasteiger partial charge in [-0.05, 0) is 25.1 Å². The average Bonchev–Trinajstić information content (AvgIpc) is 2.85. The largest absolute Gasteiger partial charge is 0.324 e. The number of benzene rings is 1. The molecule has 0 spiro atoms. The maximum Gasteiger partial charge on any atom is 0.237 e. The van der Waals surface area contributed by atoms with E-state index in [1.54, 1.807) is 24.4 Å². The van der Waals surface area contributed by atoms with Gasteiger partial charge in [0.05, 0.1) is 16.0 Å². The first kappa shape index (κ1) is 14.7. The molecular weight excluding hydrogens is 323 g/mol. The number of amides is 1. The van der Waals surface area contributed by atoms with E-state index in [1.165, 1.54) is 23.1 Å². The van der Waals surface area contributed by atoms with Gasteiger partial charge in [0.2, 0.25) is 5.91 Å². The number of nitrogens with zero attached hydrogens (tertiary/aromatic N) is 1. The average molecular weight is 333 g/mol. The van der Waals surface area contributed by atoms with E-state index in [0.29, 0.717) is 15.7 Å². The highest BCUT2D eigenvalue weighted by molar-refractivity contribution is 8.02. The van der Waals surface area contributed by atoms with E-state index >= 15 is 0 Å². The normalized spacial score (nSPS) is 12.2. The molecule has 0 saturated heterocycles. The summed E-state index contributed by atoms with van der Waals surface area (Å²) < 4.78 is 0.866. The van der Waals surface area contributed by atoms with Crippen molar-refractivity contribution >= 4 is 57.9 Å². The molecule has 7 heteroatoms. The highest BCUT2D eigenvalue weighted by Gasteiger charge is 2.16. The lowest BCUT2D eigenvalue weighted by Gasteiger charge is -2.11. The van der Waals surface area contributed by atoms with Crippen molar-refractivity contribution in [2.24, 2.45) is 0 Å². The van der Waals surface area contributed by atoms with Crippen LogP contribution in [0.3, 0.4) is 0 Å². The highest BCUT2D eigenvalue weighted by Crippen LogP contribution is 2.28. The lowest BCUT2D eigenvalue weighted by Crippen LogP contribution is -2.22. The van der Waals surface area contributed by atoms with Crippen LogP contribution in [0.1, 0.15) is 6.92 Å². The molecule has 0 aliphatic carbocycles. The number of thioether (sulfide) groups is 1. The number of nitrogens with one attached hydrogen (secondary N) is 1. The fraction of sp³-hybridized carbons (Fsp3) is 0.167. The fourth-order valence-corrected chi connectivity index (χ4v) is 3.53. The molecule has 1 N–H and O–H groups in total. The predicted molar refractivity (Wildman–Crippen MR) is 82.5 cm³/mol.